The lowest BCUT2D eigenvalue weighted by Crippen LogP contribution is -2.31. The predicted octanol–water partition coefficient (Wildman–Crippen LogP) is 3.56. The van der Waals surface area contributed by atoms with E-state index in [-0.39, 0.29) is 18.0 Å². The topological polar surface area (TPSA) is 70.7 Å². The van der Waals surface area contributed by atoms with Crippen molar-refractivity contribution in [3.8, 4) is 0 Å². The van der Waals surface area contributed by atoms with E-state index in [1.54, 1.807) is 4.90 Å². The minimum atomic E-state index is -0.295. The first-order chi connectivity index (χ1) is 12.6. The molecule has 3 amide bonds. The van der Waals surface area contributed by atoms with Crippen molar-refractivity contribution in [2.24, 2.45) is 0 Å². The molecule has 1 saturated heterocycles. The first-order valence-corrected chi connectivity index (χ1v) is 8.72. The molecule has 1 atom stereocenters. The number of carbonyl (C=O) groups is 2. The summed E-state index contributed by atoms with van der Waals surface area (Å²) in [5, 5.41) is 5.73. The quantitative estimate of drug-likeness (QED) is 0.834. The number of nitrogens with zero attached hydrogens (tertiary/aromatic N) is 1. The van der Waals surface area contributed by atoms with Crippen LogP contribution < -0.4 is 10.6 Å². The molecule has 6 nitrogen and oxygen atoms in total. The lowest BCUT2D eigenvalue weighted by Gasteiger charge is -2.15. The van der Waals surface area contributed by atoms with Gasteiger partial charge in [0, 0.05) is 18.8 Å². The van der Waals surface area contributed by atoms with Crippen LogP contribution in [0.1, 0.15) is 24.0 Å². The maximum absolute atomic E-state index is 12.1. The van der Waals surface area contributed by atoms with Crippen LogP contribution in [0.5, 0.6) is 0 Å². The summed E-state index contributed by atoms with van der Waals surface area (Å²) in [6.45, 7) is 4.12. The Kier molecular flexibility index (Phi) is 5.73. The first-order valence-electron chi connectivity index (χ1n) is 8.72. The molecule has 1 aliphatic heterocycles. The maximum Gasteiger partial charge on any atom is 0.410 e. The number of benzene rings is 2. The molecule has 0 aliphatic carbocycles. The van der Waals surface area contributed by atoms with Gasteiger partial charge in [-0.3, -0.25) is 0 Å². The van der Waals surface area contributed by atoms with Crippen LogP contribution in [0.25, 0.3) is 0 Å². The first kappa shape index (κ1) is 17.8. The highest BCUT2D eigenvalue weighted by Gasteiger charge is 2.21. The van der Waals surface area contributed by atoms with Gasteiger partial charge in [0.15, 0.2) is 0 Å². The van der Waals surface area contributed by atoms with Gasteiger partial charge < -0.3 is 20.3 Å². The van der Waals surface area contributed by atoms with Crippen molar-refractivity contribution >= 4 is 17.8 Å². The second-order valence-corrected chi connectivity index (χ2v) is 6.38. The van der Waals surface area contributed by atoms with Crippen LogP contribution in [0.3, 0.4) is 0 Å². The van der Waals surface area contributed by atoms with E-state index in [0.29, 0.717) is 31.9 Å². The van der Waals surface area contributed by atoms with Crippen molar-refractivity contribution in [1.82, 2.24) is 10.2 Å². The van der Waals surface area contributed by atoms with Crippen LogP contribution in [0.4, 0.5) is 15.3 Å². The highest BCUT2D eigenvalue weighted by Crippen LogP contribution is 2.16. The number of ether oxygens (including phenoxy) is 1. The summed E-state index contributed by atoms with van der Waals surface area (Å²) in [5.74, 6) is 0.231. The molecule has 1 heterocycles. The molecule has 2 N–H and O–H groups in total. The number of hydrogen-bond donors (Lipinski definition) is 2. The molecular weight excluding hydrogens is 330 g/mol. The van der Waals surface area contributed by atoms with Crippen LogP contribution in [0.2, 0.25) is 0 Å². The summed E-state index contributed by atoms with van der Waals surface area (Å²) < 4.78 is 4.93. The molecule has 0 aromatic heterocycles. The van der Waals surface area contributed by atoms with Crippen LogP contribution in [-0.4, -0.2) is 36.7 Å². The smallest absolute Gasteiger partial charge is 0.410 e. The van der Waals surface area contributed by atoms with Crippen molar-refractivity contribution in [2.75, 3.05) is 25.0 Å². The maximum atomic E-state index is 12.1. The molecule has 1 aliphatic rings. The van der Waals surface area contributed by atoms with Gasteiger partial charge >= 0.3 is 12.1 Å². The van der Waals surface area contributed by atoms with Crippen LogP contribution in [0, 0.1) is 0 Å². The number of amides is 3. The molecule has 1 fully saturated rings. The van der Waals surface area contributed by atoms with Gasteiger partial charge in [0.05, 0.1) is 6.54 Å². The average molecular weight is 353 g/mol. The van der Waals surface area contributed by atoms with Crippen molar-refractivity contribution in [1.29, 1.82) is 0 Å². The highest BCUT2D eigenvalue weighted by atomic mass is 16.6. The van der Waals surface area contributed by atoms with Gasteiger partial charge in [-0.2, -0.15) is 0 Å². The van der Waals surface area contributed by atoms with Crippen LogP contribution >= 0.6 is 0 Å². The van der Waals surface area contributed by atoms with E-state index in [4.69, 9.17) is 4.74 Å². The summed E-state index contributed by atoms with van der Waals surface area (Å²) in [4.78, 5) is 25.3. The van der Waals surface area contributed by atoms with Crippen molar-refractivity contribution in [3.63, 3.8) is 0 Å². The van der Waals surface area contributed by atoms with Gasteiger partial charge in [0.2, 0.25) is 0 Å². The van der Waals surface area contributed by atoms with Crippen molar-refractivity contribution in [2.45, 2.75) is 19.4 Å². The fourth-order valence-electron chi connectivity index (χ4n) is 2.86. The number of rotatable bonds is 6. The normalized spacial score (nSPS) is 14.7. The lowest BCUT2D eigenvalue weighted by molar-refractivity contribution is 0.157. The molecule has 0 saturated carbocycles. The fraction of sp³-hybridized carbons (Fsp3) is 0.300. The van der Waals surface area contributed by atoms with E-state index in [1.807, 2.05) is 42.5 Å². The molecule has 0 radical (unpaired) electrons. The third-order valence-corrected chi connectivity index (χ3v) is 4.34. The Morgan fingerprint density at radius 2 is 2.00 bits per heavy atom. The van der Waals surface area contributed by atoms with Gasteiger partial charge in [-0.25, -0.2) is 9.59 Å². The molecule has 26 heavy (non-hydrogen) atoms. The zero-order valence-electron chi connectivity index (χ0n) is 14.8. The molecule has 6 heteroatoms. The summed E-state index contributed by atoms with van der Waals surface area (Å²) in [6.07, 6.45) is -0.295. The third kappa shape index (κ3) is 4.75. The number of carbonyl (C=O) groups excluding carboxylic acids is 2. The lowest BCUT2D eigenvalue weighted by atomic mass is 10.0. The Morgan fingerprint density at radius 3 is 2.73 bits per heavy atom. The van der Waals surface area contributed by atoms with Gasteiger partial charge in [-0.1, -0.05) is 49.4 Å². The summed E-state index contributed by atoms with van der Waals surface area (Å²) in [5.41, 5.74) is 2.83. The summed E-state index contributed by atoms with van der Waals surface area (Å²) in [6, 6.07) is 17.3. The Hall–Kier alpha value is -3.02. The number of nitrogens with one attached hydrogen (secondary N) is 2. The zero-order valence-corrected chi connectivity index (χ0v) is 14.8. The fourth-order valence-corrected chi connectivity index (χ4v) is 2.86. The largest absolute Gasteiger partial charge is 0.448 e. The summed E-state index contributed by atoms with van der Waals surface area (Å²) >= 11 is 0. The van der Waals surface area contributed by atoms with Crippen LogP contribution in [-0.2, 0) is 11.3 Å². The highest BCUT2D eigenvalue weighted by molar-refractivity contribution is 5.89. The molecular formula is C20H23N3O3. The standard InChI is InChI=1S/C20H23N3O3/c1-15(17-7-3-2-4-8-17)13-21-19(24)22-18-9-5-6-16(12-18)14-23-10-11-26-20(23)25/h2-9,12,15H,10-11,13-14H2,1H3,(H2,21,22,24)/t15-/m0/s1. The second kappa shape index (κ2) is 8.38. The predicted molar refractivity (Wildman–Crippen MR) is 100 cm³/mol. The number of urea groups is 1. The Labute approximate surface area is 153 Å². The molecule has 2 aromatic carbocycles. The van der Waals surface area contributed by atoms with Crippen molar-refractivity contribution < 1.29 is 14.3 Å². The van der Waals surface area contributed by atoms with E-state index in [0.717, 1.165) is 5.56 Å². The zero-order chi connectivity index (χ0) is 18.4. The molecule has 3 rings (SSSR count). The molecule has 0 unspecified atom stereocenters. The van der Waals surface area contributed by atoms with Crippen LogP contribution in [0.15, 0.2) is 54.6 Å². The van der Waals surface area contributed by atoms with Gasteiger partial charge in [-0.15, -0.1) is 0 Å². The molecule has 0 bridgehead atoms. The minimum Gasteiger partial charge on any atom is -0.448 e. The second-order valence-electron chi connectivity index (χ2n) is 6.38. The van der Waals surface area contributed by atoms with E-state index in [9.17, 15) is 9.59 Å². The van der Waals surface area contributed by atoms with E-state index >= 15 is 0 Å². The average Bonchev–Trinajstić information content (AvgIpc) is 3.05. The van der Waals surface area contributed by atoms with Crippen molar-refractivity contribution in [3.05, 3.63) is 65.7 Å². The monoisotopic (exact) mass is 353 g/mol. The van der Waals surface area contributed by atoms with Gasteiger partial charge in [0.25, 0.3) is 0 Å². The van der Waals surface area contributed by atoms with E-state index < -0.39 is 0 Å². The molecule has 0 spiro atoms. The number of anilines is 1. The molecule has 2 aromatic rings. The molecule has 136 valence electrons. The third-order valence-electron chi connectivity index (χ3n) is 4.34. The van der Waals surface area contributed by atoms with Gasteiger partial charge in [-0.05, 0) is 29.2 Å². The Morgan fingerprint density at radius 1 is 1.19 bits per heavy atom. The number of cyclic esters (lactones) is 1. The summed E-state index contributed by atoms with van der Waals surface area (Å²) in [7, 11) is 0. The number of hydrogen-bond acceptors (Lipinski definition) is 3. The SMILES string of the molecule is C[C@@H](CNC(=O)Nc1cccc(CN2CCOC2=O)c1)c1ccccc1. The van der Waals surface area contributed by atoms with E-state index in [1.165, 1.54) is 5.56 Å². The Bertz CT molecular complexity index is 764. The van der Waals surface area contributed by atoms with E-state index in [2.05, 4.69) is 29.7 Å². The minimum absolute atomic E-state index is 0.231. The Balaban J connectivity index is 1.51. The van der Waals surface area contributed by atoms with Gasteiger partial charge in [0.1, 0.15) is 6.61 Å².